The molecule has 2 rings (SSSR count). The number of nitrogens with one attached hydrogen (secondary N) is 1. The first-order valence-electron chi connectivity index (χ1n) is 8.16. The van der Waals surface area contributed by atoms with Gasteiger partial charge in [0, 0.05) is 13.6 Å². The van der Waals surface area contributed by atoms with Crippen LogP contribution < -0.4 is 5.32 Å². The van der Waals surface area contributed by atoms with E-state index in [2.05, 4.69) is 5.32 Å². The Morgan fingerprint density at radius 2 is 2.00 bits per heavy atom. The van der Waals surface area contributed by atoms with Crippen LogP contribution in [0.25, 0.3) is 0 Å². The van der Waals surface area contributed by atoms with Gasteiger partial charge < -0.3 is 15.3 Å². The SMILES string of the molecule is CC(C)C1C(C(=O)NCCCc2ccc(Cl)c(Cl)c2)=C(O)C(=O)N1C. The third kappa shape index (κ3) is 4.28. The summed E-state index contributed by atoms with van der Waals surface area (Å²) in [6, 6.07) is 5.03. The molecule has 1 heterocycles. The average Bonchev–Trinajstić information content (AvgIpc) is 2.79. The number of likely N-dealkylation sites (N-methyl/N-ethyl adjacent to an activating group) is 1. The van der Waals surface area contributed by atoms with E-state index in [1.165, 1.54) is 4.90 Å². The van der Waals surface area contributed by atoms with E-state index in [0.717, 1.165) is 12.0 Å². The summed E-state index contributed by atoms with van der Waals surface area (Å²) in [5.41, 5.74) is 1.18. The fraction of sp³-hybridized carbons (Fsp3) is 0.444. The summed E-state index contributed by atoms with van der Waals surface area (Å²) >= 11 is 11.9. The molecule has 0 spiro atoms. The standard InChI is InChI=1S/C18H22Cl2N2O3/c1-10(2)15-14(16(23)18(25)22(15)3)17(24)21-8-4-5-11-6-7-12(19)13(20)9-11/h6-7,9-10,15,23H,4-5,8H2,1-3H3,(H,21,24). The highest BCUT2D eigenvalue weighted by molar-refractivity contribution is 6.42. The van der Waals surface area contributed by atoms with Gasteiger partial charge in [-0.1, -0.05) is 43.1 Å². The van der Waals surface area contributed by atoms with Gasteiger partial charge in [0.05, 0.1) is 21.7 Å². The maximum Gasteiger partial charge on any atom is 0.289 e. The summed E-state index contributed by atoms with van der Waals surface area (Å²) in [6.07, 6.45) is 1.43. The monoisotopic (exact) mass is 384 g/mol. The van der Waals surface area contributed by atoms with Crippen molar-refractivity contribution in [2.75, 3.05) is 13.6 Å². The maximum absolute atomic E-state index is 12.4. The van der Waals surface area contributed by atoms with Crippen LogP contribution in [0.3, 0.4) is 0 Å². The number of rotatable bonds is 6. The van der Waals surface area contributed by atoms with Crippen molar-refractivity contribution in [1.82, 2.24) is 10.2 Å². The molecule has 0 radical (unpaired) electrons. The number of carbonyl (C=O) groups excluding carboxylic acids is 2. The molecule has 7 heteroatoms. The lowest BCUT2D eigenvalue weighted by atomic mass is 9.96. The molecule has 0 saturated carbocycles. The van der Waals surface area contributed by atoms with E-state index in [4.69, 9.17) is 23.2 Å². The third-order valence-corrected chi connectivity index (χ3v) is 5.02. The predicted octanol–water partition coefficient (Wildman–Crippen LogP) is 3.35. The topological polar surface area (TPSA) is 69.6 Å². The largest absolute Gasteiger partial charge is 0.503 e. The Labute approximate surface area is 157 Å². The zero-order chi connectivity index (χ0) is 18.7. The molecule has 0 aliphatic carbocycles. The molecule has 1 unspecified atom stereocenters. The van der Waals surface area contributed by atoms with Crippen molar-refractivity contribution in [1.29, 1.82) is 0 Å². The molecule has 1 aromatic rings. The Hall–Kier alpha value is -1.72. The van der Waals surface area contributed by atoms with Crippen LogP contribution in [-0.2, 0) is 16.0 Å². The van der Waals surface area contributed by atoms with E-state index in [1.54, 1.807) is 19.2 Å². The number of halogens is 2. The number of hydrogen-bond acceptors (Lipinski definition) is 3. The van der Waals surface area contributed by atoms with E-state index in [-0.39, 0.29) is 11.5 Å². The summed E-state index contributed by atoms with van der Waals surface area (Å²) in [5.74, 6) is -1.35. The molecule has 25 heavy (non-hydrogen) atoms. The summed E-state index contributed by atoms with van der Waals surface area (Å²) in [7, 11) is 1.59. The van der Waals surface area contributed by atoms with E-state index in [0.29, 0.717) is 23.0 Å². The molecule has 0 saturated heterocycles. The molecule has 1 aliphatic rings. The van der Waals surface area contributed by atoms with Crippen molar-refractivity contribution in [2.45, 2.75) is 32.7 Å². The second-order valence-corrected chi connectivity index (χ2v) is 7.29. The molecule has 0 aromatic heterocycles. The molecule has 1 atom stereocenters. The molecule has 5 nitrogen and oxygen atoms in total. The highest BCUT2D eigenvalue weighted by atomic mass is 35.5. The number of nitrogens with zero attached hydrogens (tertiary/aromatic N) is 1. The molecule has 2 amide bonds. The molecule has 1 aliphatic heterocycles. The Morgan fingerprint density at radius 1 is 1.32 bits per heavy atom. The number of hydrogen-bond donors (Lipinski definition) is 2. The van der Waals surface area contributed by atoms with Crippen molar-refractivity contribution < 1.29 is 14.7 Å². The average molecular weight is 385 g/mol. The second-order valence-electron chi connectivity index (χ2n) is 6.48. The lowest BCUT2D eigenvalue weighted by Gasteiger charge is -2.25. The number of benzene rings is 1. The van der Waals surface area contributed by atoms with Crippen molar-refractivity contribution in [3.05, 3.63) is 45.1 Å². The first kappa shape index (κ1) is 19.6. The van der Waals surface area contributed by atoms with Gasteiger partial charge in [-0.05, 0) is 36.5 Å². The van der Waals surface area contributed by atoms with Crippen LogP contribution in [0.2, 0.25) is 10.0 Å². The smallest absolute Gasteiger partial charge is 0.289 e. The zero-order valence-electron chi connectivity index (χ0n) is 14.5. The van der Waals surface area contributed by atoms with Gasteiger partial charge >= 0.3 is 0 Å². The van der Waals surface area contributed by atoms with Crippen LogP contribution in [0.5, 0.6) is 0 Å². The lowest BCUT2D eigenvalue weighted by molar-refractivity contribution is -0.128. The third-order valence-electron chi connectivity index (χ3n) is 4.28. The minimum atomic E-state index is -0.514. The van der Waals surface area contributed by atoms with Crippen LogP contribution in [0.15, 0.2) is 29.5 Å². The van der Waals surface area contributed by atoms with Crippen LogP contribution in [0.4, 0.5) is 0 Å². The van der Waals surface area contributed by atoms with Crippen molar-refractivity contribution in [2.24, 2.45) is 5.92 Å². The fourth-order valence-corrected chi connectivity index (χ4v) is 3.37. The number of aliphatic hydroxyl groups is 1. The van der Waals surface area contributed by atoms with Gasteiger partial charge in [0.25, 0.3) is 11.8 Å². The van der Waals surface area contributed by atoms with Crippen LogP contribution >= 0.6 is 23.2 Å². The molecule has 0 bridgehead atoms. The van der Waals surface area contributed by atoms with Gasteiger partial charge in [0.1, 0.15) is 0 Å². The maximum atomic E-state index is 12.4. The van der Waals surface area contributed by atoms with Crippen molar-refractivity contribution in [3.63, 3.8) is 0 Å². The van der Waals surface area contributed by atoms with Gasteiger partial charge in [-0.3, -0.25) is 9.59 Å². The second kappa shape index (κ2) is 8.11. The zero-order valence-corrected chi connectivity index (χ0v) is 16.0. The molecular formula is C18H22Cl2N2O3. The minimum absolute atomic E-state index is 0.0237. The van der Waals surface area contributed by atoms with Crippen molar-refractivity contribution in [3.8, 4) is 0 Å². The molecule has 136 valence electrons. The highest BCUT2D eigenvalue weighted by Gasteiger charge is 2.42. The predicted molar refractivity (Wildman–Crippen MR) is 98.8 cm³/mol. The van der Waals surface area contributed by atoms with Crippen LogP contribution in [0, 0.1) is 5.92 Å². The van der Waals surface area contributed by atoms with E-state index in [9.17, 15) is 14.7 Å². The molecule has 0 fully saturated rings. The summed E-state index contributed by atoms with van der Waals surface area (Å²) in [6.45, 7) is 4.24. The normalized spacial score (nSPS) is 17.6. The van der Waals surface area contributed by atoms with Crippen molar-refractivity contribution >= 4 is 35.0 Å². The summed E-state index contributed by atoms with van der Waals surface area (Å²) in [4.78, 5) is 25.8. The molecule has 2 N–H and O–H groups in total. The van der Waals surface area contributed by atoms with Gasteiger partial charge in [0.15, 0.2) is 5.76 Å². The van der Waals surface area contributed by atoms with Gasteiger partial charge in [-0.2, -0.15) is 0 Å². The van der Waals surface area contributed by atoms with Crippen LogP contribution in [-0.4, -0.2) is 41.5 Å². The lowest BCUT2D eigenvalue weighted by Crippen LogP contribution is -2.39. The summed E-state index contributed by atoms with van der Waals surface area (Å²) < 4.78 is 0. The molecular weight excluding hydrogens is 363 g/mol. The molecule has 1 aromatic carbocycles. The Morgan fingerprint density at radius 3 is 2.60 bits per heavy atom. The summed E-state index contributed by atoms with van der Waals surface area (Å²) in [5, 5.41) is 13.8. The van der Waals surface area contributed by atoms with E-state index in [1.807, 2.05) is 19.9 Å². The number of aryl methyl sites for hydroxylation is 1. The Bertz CT molecular complexity index is 716. The Kier molecular flexibility index (Phi) is 6.36. The van der Waals surface area contributed by atoms with Gasteiger partial charge in [-0.25, -0.2) is 0 Å². The minimum Gasteiger partial charge on any atom is -0.503 e. The first-order chi connectivity index (χ1) is 11.7. The highest BCUT2D eigenvalue weighted by Crippen LogP contribution is 2.28. The van der Waals surface area contributed by atoms with E-state index >= 15 is 0 Å². The number of carbonyl (C=O) groups is 2. The number of amides is 2. The Balaban J connectivity index is 1.93. The van der Waals surface area contributed by atoms with Crippen LogP contribution in [0.1, 0.15) is 25.8 Å². The quantitative estimate of drug-likeness (QED) is 0.738. The number of aliphatic hydroxyl groups excluding tert-OH is 1. The van der Waals surface area contributed by atoms with Gasteiger partial charge in [-0.15, -0.1) is 0 Å². The fourth-order valence-electron chi connectivity index (χ4n) is 3.05. The first-order valence-corrected chi connectivity index (χ1v) is 8.92. The van der Waals surface area contributed by atoms with E-state index < -0.39 is 23.6 Å². The van der Waals surface area contributed by atoms with Gasteiger partial charge in [0.2, 0.25) is 0 Å².